The molecule has 2 N–H and O–H groups in total. The number of carboxylic acid groups (broad SMARTS) is 1. The third kappa shape index (κ3) is 4.81. The van der Waals surface area contributed by atoms with E-state index in [0.717, 1.165) is 5.56 Å². The van der Waals surface area contributed by atoms with Gasteiger partial charge >= 0.3 is 5.97 Å². The van der Waals surface area contributed by atoms with Crippen LogP contribution in [0.2, 0.25) is 0 Å². The van der Waals surface area contributed by atoms with Gasteiger partial charge in [-0.15, -0.1) is 0 Å². The Labute approximate surface area is 141 Å². The van der Waals surface area contributed by atoms with Crippen LogP contribution in [0, 0.1) is 5.41 Å². The SMILES string of the molecule is CC1(C(=O)O)CCCN(C(=O)CCNC(=O)Cc2ccccc2)C1. The first-order chi connectivity index (χ1) is 11.4. The standard InChI is InChI=1S/C18H24N2O4/c1-18(17(23)24)9-5-11-20(13-18)16(22)8-10-19-15(21)12-14-6-3-2-4-7-14/h2-4,6-7H,5,8-13H2,1H3,(H,19,21)(H,23,24). The molecule has 24 heavy (non-hydrogen) atoms. The van der Waals surface area contributed by atoms with Gasteiger partial charge in [-0.25, -0.2) is 0 Å². The summed E-state index contributed by atoms with van der Waals surface area (Å²) in [6.07, 6.45) is 1.75. The van der Waals surface area contributed by atoms with Gasteiger partial charge in [0.2, 0.25) is 11.8 Å². The molecule has 1 aromatic carbocycles. The van der Waals surface area contributed by atoms with E-state index in [1.807, 2.05) is 30.3 Å². The Morgan fingerprint density at radius 2 is 1.96 bits per heavy atom. The van der Waals surface area contributed by atoms with Crippen LogP contribution >= 0.6 is 0 Å². The molecule has 1 heterocycles. The summed E-state index contributed by atoms with van der Waals surface area (Å²) in [6.45, 7) is 2.76. The molecule has 1 unspecified atom stereocenters. The number of carbonyl (C=O) groups excluding carboxylic acids is 2. The molecule has 1 aliphatic rings. The Morgan fingerprint density at radius 3 is 2.62 bits per heavy atom. The van der Waals surface area contributed by atoms with E-state index in [1.165, 1.54) is 0 Å². The van der Waals surface area contributed by atoms with Crippen LogP contribution in [0.4, 0.5) is 0 Å². The number of rotatable bonds is 6. The average molecular weight is 332 g/mol. The molecule has 2 rings (SSSR count). The zero-order valence-electron chi connectivity index (χ0n) is 14.0. The van der Waals surface area contributed by atoms with Crippen LogP contribution < -0.4 is 5.32 Å². The minimum atomic E-state index is -0.871. The van der Waals surface area contributed by atoms with Gasteiger partial charge in [0.05, 0.1) is 11.8 Å². The number of nitrogens with one attached hydrogen (secondary N) is 1. The maximum atomic E-state index is 12.2. The van der Waals surface area contributed by atoms with Crippen molar-refractivity contribution in [3.05, 3.63) is 35.9 Å². The number of carboxylic acids is 1. The fourth-order valence-electron chi connectivity index (χ4n) is 2.94. The van der Waals surface area contributed by atoms with E-state index >= 15 is 0 Å². The molecule has 0 saturated carbocycles. The summed E-state index contributed by atoms with van der Waals surface area (Å²) in [5.41, 5.74) is 0.0550. The normalized spacial score (nSPS) is 20.5. The van der Waals surface area contributed by atoms with Crippen molar-refractivity contribution < 1.29 is 19.5 Å². The fourth-order valence-corrected chi connectivity index (χ4v) is 2.94. The number of amides is 2. The third-order valence-corrected chi connectivity index (χ3v) is 4.43. The second kappa shape index (κ2) is 7.95. The number of likely N-dealkylation sites (tertiary alicyclic amines) is 1. The maximum absolute atomic E-state index is 12.2. The third-order valence-electron chi connectivity index (χ3n) is 4.43. The molecule has 0 aromatic heterocycles. The van der Waals surface area contributed by atoms with Gasteiger partial charge < -0.3 is 15.3 Å². The van der Waals surface area contributed by atoms with Crippen LogP contribution in [0.25, 0.3) is 0 Å². The van der Waals surface area contributed by atoms with Gasteiger partial charge in [-0.05, 0) is 25.3 Å². The summed E-state index contributed by atoms with van der Waals surface area (Å²) in [5.74, 6) is -1.10. The van der Waals surface area contributed by atoms with E-state index in [9.17, 15) is 19.5 Å². The Kier molecular flexibility index (Phi) is 5.95. The van der Waals surface area contributed by atoms with E-state index in [-0.39, 0.29) is 37.7 Å². The predicted octanol–water partition coefficient (Wildman–Crippen LogP) is 1.45. The molecule has 6 nitrogen and oxygen atoms in total. The van der Waals surface area contributed by atoms with Crippen molar-refractivity contribution in [3.8, 4) is 0 Å². The van der Waals surface area contributed by atoms with E-state index < -0.39 is 11.4 Å². The van der Waals surface area contributed by atoms with Gasteiger partial charge in [0.15, 0.2) is 0 Å². The molecule has 1 atom stereocenters. The van der Waals surface area contributed by atoms with E-state index in [0.29, 0.717) is 19.4 Å². The second-order valence-electron chi connectivity index (χ2n) is 6.55. The molecule has 0 spiro atoms. The zero-order chi connectivity index (χ0) is 17.6. The summed E-state index contributed by atoms with van der Waals surface area (Å²) in [7, 11) is 0. The van der Waals surface area contributed by atoms with E-state index in [4.69, 9.17) is 0 Å². The molecule has 1 aliphatic heterocycles. The van der Waals surface area contributed by atoms with Crippen molar-refractivity contribution in [2.45, 2.75) is 32.6 Å². The molecular weight excluding hydrogens is 308 g/mol. The Hall–Kier alpha value is -2.37. The Morgan fingerprint density at radius 1 is 1.25 bits per heavy atom. The smallest absolute Gasteiger partial charge is 0.311 e. The van der Waals surface area contributed by atoms with Crippen molar-refractivity contribution >= 4 is 17.8 Å². The lowest BCUT2D eigenvalue weighted by Crippen LogP contribution is -2.48. The Balaban J connectivity index is 1.75. The molecule has 2 amide bonds. The lowest BCUT2D eigenvalue weighted by atomic mass is 9.82. The molecule has 130 valence electrons. The number of hydrogen-bond donors (Lipinski definition) is 2. The van der Waals surface area contributed by atoms with Gasteiger partial charge in [0.1, 0.15) is 0 Å². The number of nitrogens with zero attached hydrogens (tertiary/aromatic N) is 1. The molecule has 0 aliphatic carbocycles. The summed E-state index contributed by atoms with van der Waals surface area (Å²) < 4.78 is 0. The largest absolute Gasteiger partial charge is 0.481 e. The van der Waals surface area contributed by atoms with Crippen LogP contribution in [0.5, 0.6) is 0 Å². The second-order valence-corrected chi connectivity index (χ2v) is 6.55. The first kappa shape index (κ1) is 18.0. The van der Waals surface area contributed by atoms with Crippen LogP contribution in [0.15, 0.2) is 30.3 Å². The van der Waals surface area contributed by atoms with Gasteiger partial charge in [-0.2, -0.15) is 0 Å². The van der Waals surface area contributed by atoms with Crippen molar-refractivity contribution in [1.82, 2.24) is 10.2 Å². The molecule has 0 radical (unpaired) electrons. The molecule has 1 aromatic rings. The zero-order valence-corrected chi connectivity index (χ0v) is 14.0. The molecule has 0 bridgehead atoms. The van der Waals surface area contributed by atoms with Crippen LogP contribution in [0.3, 0.4) is 0 Å². The highest BCUT2D eigenvalue weighted by molar-refractivity contribution is 5.81. The minimum absolute atomic E-state index is 0.109. The van der Waals surface area contributed by atoms with Gasteiger partial charge in [-0.3, -0.25) is 14.4 Å². The van der Waals surface area contributed by atoms with Crippen LogP contribution in [-0.4, -0.2) is 47.4 Å². The Bertz CT molecular complexity index is 602. The van der Waals surface area contributed by atoms with Crippen LogP contribution in [-0.2, 0) is 20.8 Å². The first-order valence-electron chi connectivity index (χ1n) is 8.22. The summed E-state index contributed by atoms with van der Waals surface area (Å²) in [4.78, 5) is 37.0. The highest BCUT2D eigenvalue weighted by Crippen LogP contribution is 2.29. The fraction of sp³-hybridized carbons (Fsp3) is 0.500. The molecule has 6 heteroatoms. The number of hydrogen-bond acceptors (Lipinski definition) is 3. The molecular formula is C18H24N2O4. The summed E-state index contributed by atoms with van der Waals surface area (Å²) in [6, 6.07) is 9.41. The van der Waals surface area contributed by atoms with E-state index in [1.54, 1.807) is 11.8 Å². The van der Waals surface area contributed by atoms with Crippen LogP contribution in [0.1, 0.15) is 31.7 Å². The van der Waals surface area contributed by atoms with E-state index in [2.05, 4.69) is 5.32 Å². The van der Waals surface area contributed by atoms with Crippen molar-refractivity contribution in [2.75, 3.05) is 19.6 Å². The van der Waals surface area contributed by atoms with Crippen molar-refractivity contribution in [1.29, 1.82) is 0 Å². The number of aliphatic carboxylic acids is 1. The maximum Gasteiger partial charge on any atom is 0.311 e. The van der Waals surface area contributed by atoms with Gasteiger partial charge in [0, 0.05) is 26.1 Å². The average Bonchev–Trinajstić information content (AvgIpc) is 2.55. The number of benzene rings is 1. The number of piperidine rings is 1. The van der Waals surface area contributed by atoms with Gasteiger partial charge in [-0.1, -0.05) is 30.3 Å². The molecule has 1 fully saturated rings. The van der Waals surface area contributed by atoms with Gasteiger partial charge in [0.25, 0.3) is 0 Å². The monoisotopic (exact) mass is 332 g/mol. The highest BCUT2D eigenvalue weighted by atomic mass is 16.4. The summed E-state index contributed by atoms with van der Waals surface area (Å²) in [5, 5.41) is 12.0. The lowest BCUT2D eigenvalue weighted by molar-refractivity contribution is -0.153. The van der Waals surface area contributed by atoms with Crippen molar-refractivity contribution in [2.24, 2.45) is 5.41 Å². The number of carbonyl (C=O) groups is 3. The highest BCUT2D eigenvalue weighted by Gasteiger charge is 2.39. The first-order valence-corrected chi connectivity index (χ1v) is 8.22. The predicted molar refractivity (Wildman–Crippen MR) is 89.3 cm³/mol. The lowest BCUT2D eigenvalue weighted by Gasteiger charge is -2.37. The van der Waals surface area contributed by atoms with Crippen molar-refractivity contribution in [3.63, 3.8) is 0 Å². The summed E-state index contributed by atoms with van der Waals surface area (Å²) >= 11 is 0. The topological polar surface area (TPSA) is 86.7 Å². The minimum Gasteiger partial charge on any atom is -0.481 e. The molecule has 1 saturated heterocycles. The quantitative estimate of drug-likeness (QED) is 0.825.